The van der Waals surface area contributed by atoms with Crippen molar-refractivity contribution < 1.29 is 4.39 Å². The first-order valence-electron chi connectivity index (χ1n) is 9.76. The first kappa shape index (κ1) is 18.8. The SMILES string of the molecule is N=C(N)c1ccc2nc(Cc3nc4c(NCCn5ccnc5)cc(F)cc4[nH]3)[nH]c2c1. The first-order chi connectivity index (χ1) is 15.0. The topological polar surface area (TPSA) is 137 Å². The van der Waals surface area contributed by atoms with Gasteiger partial charge in [-0.2, -0.15) is 0 Å². The lowest BCUT2D eigenvalue weighted by atomic mass is 10.2. The monoisotopic (exact) mass is 417 g/mol. The maximum Gasteiger partial charge on any atom is 0.127 e. The standard InChI is InChI=1S/C21H20FN9/c22-13-8-16(26-4-6-31-5-3-25-11-31)20-17(9-13)29-19(30-20)10-18-27-14-2-1-12(21(23)24)7-15(14)28-18/h1-3,5,7-9,11,26H,4,6,10H2,(H3,23,24)(H,27,28)(H,29,30). The lowest BCUT2D eigenvalue weighted by molar-refractivity contribution is 0.629. The largest absolute Gasteiger partial charge is 0.384 e. The molecule has 156 valence electrons. The number of nitrogens with one attached hydrogen (secondary N) is 4. The number of benzene rings is 2. The lowest BCUT2D eigenvalue weighted by Crippen LogP contribution is -2.10. The van der Waals surface area contributed by atoms with E-state index in [0.717, 1.165) is 11.0 Å². The van der Waals surface area contributed by atoms with Crippen LogP contribution in [0.15, 0.2) is 49.1 Å². The lowest BCUT2D eigenvalue weighted by Gasteiger charge is -2.07. The second-order valence-corrected chi connectivity index (χ2v) is 7.27. The molecule has 2 aromatic carbocycles. The molecular formula is C21H20FN9. The molecule has 5 aromatic rings. The highest BCUT2D eigenvalue weighted by Crippen LogP contribution is 2.24. The van der Waals surface area contributed by atoms with Crippen LogP contribution in [0.2, 0.25) is 0 Å². The fourth-order valence-corrected chi connectivity index (χ4v) is 3.56. The van der Waals surface area contributed by atoms with Crippen molar-refractivity contribution in [1.82, 2.24) is 29.5 Å². The Labute approximate surface area is 176 Å². The highest BCUT2D eigenvalue weighted by atomic mass is 19.1. The highest BCUT2D eigenvalue weighted by Gasteiger charge is 2.12. The summed E-state index contributed by atoms with van der Waals surface area (Å²) in [4.78, 5) is 19.7. The van der Waals surface area contributed by atoms with E-state index in [9.17, 15) is 4.39 Å². The minimum absolute atomic E-state index is 0.00503. The zero-order valence-electron chi connectivity index (χ0n) is 16.5. The van der Waals surface area contributed by atoms with Crippen LogP contribution in [-0.4, -0.2) is 41.9 Å². The Hall–Kier alpha value is -4.21. The number of aromatic amines is 2. The summed E-state index contributed by atoms with van der Waals surface area (Å²) in [6, 6.07) is 8.27. The van der Waals surface area contributed by atoms with Crippen LogP contribution in [-0.2, 0) is 13.0 Å². The van der Waals surface area contributed by atoms with Crippen molar-refractivity contribution in [2.75, 3.05) is 11.9 Å². The maximum absolute atomic E-state index is 14.1. The van der Waals surface area contributed by atoms with E-state index >= 15 is 0 Å². The fraction of sp³-hybridized carbons (Fsp3) is 0.143. The van der Waals surface area contributed by atoms with Gasteiger partial charge in [-0.3, -0.25) is 5.41 Å². The number of nitrogens with zero attached hydrogens (tertiary/aromatic N) is 4. The molecule has 0 unspecified atom stereocenters. The maximum atomic E-state index is 14.1. The van der Waals surface area contributed by atoms with Crippen LogP contribution < -0.4 is 11.1 Å². The Balaban J connectivity index is 1.39. The van der Waals surface area contributed by atoms with Crippen molar-refractivity contribution in [3.8, 4) is 0 Å². The molecule has 9 nitrogen and oxygen atoms in total. The van der Waals surface area contributed by atoms with Gasteiger partial charge in [-0.15, -0.1) is 0 Å². The van der Waals surface area contributed by atoms with Crippen molar-refractivity contribution in [2.45, 2.75) is 13.0 Å². The Morgan fingerprint density at radius 1 is 1.13 bits per heavy atom. The molecule has 0 saturated carbocycles. The molecule has 6 N–H and O–H groups in total. The van der Waals surface area contributed by atoms with Gasteiger partial charge in [0.25, 0.3) is 0 Å². The number of fused-ring (bicyclic) bond motifs is 2. The molecular weight excluding hydrogens is 397 g/mol. The number of aromatic nitrogens is 6. The van der Waals surface area contributed by atoms with E-state index in [4.69, 9.17) is 11.1 Å². The van der Waals surface area contributed by atoms with Gasteiger partial charge in [-0.05, 0) is 30.3 Å². The third-order valence-corrected chi connectivity index (χ3v) is 5.02. The number of halogens is 1. The van der Waals surface area contributed by atoms with Gasteiger partial charge < -0.3 is 25.6 Å². The predicted molar refractivity (Wildman–Crippen MR) is 117 cm³/mol. The number of imidazole rings is 3. The minimum atomic E-state index is -0.340. The van der Waals surface area contributed by atoms with Gasteiger partial charge >= 0.3 is 0 Å². The summed E-state index contributed by atoms with van der Waals surface area (Å²) in [5.41, 5.74) is 9.70. The third kappa shape index (κ3) is 3.82. The van der Waals surface area contributed by atoms with Crippen molar-refractivity contribution in [3.63, 3.8) is 0 Å². The molecule has 0 saturated heterocycles. The second kappa shape index (κ2) is 7.56. The number of rotatable bonds is 7. The molecule has 5 rings (SSSR count). The van der Waals surface area contributed by atoms with Crippen LogP contribution in [0.4, 0.5) is 10.1 Å². The summed E-state index contributed by atoms with van der Waals surface area (Å²) in [5.74, 6) is 1.05. The van der Waals surface area contributed by atoms with E-state index in [1.807, 2.05) is 16.8 Å². The predicted octanol–water partition coefficient (Wildman–Crippen LogP) is 2.76. The number of hydrogen-bond donors (Lipinski definition) is 5. The van der Waals surface area contributed by atoms with Crippen molar-refractivity contribution in [1.29, 1.82) is 5.41 Å². The zero-order chi connectivity index (χ0) is 21.4. The van der Waals surface area contributed by atoms with E-state index < -0.39 is 0 Å². The molecule has 3 heterocycles. The Morgan fingerprint density at radius 3 is 2.77 bits per heavy atom. The van der Waals surface area contributed by atoms with Gasteiger partial charge in [-0.1, -0.05) is 0 Å². The van der Waals surface area contributed by atoms with Crippen LogP contribution in [0.1, 0.15) is 17.2 Å². The highest BCUT2D eigenvalue weighted by molar-refractivity contribution is 5.98. The van der Waals surface area contributed by atoms with Crippen molar-refractivity contribution in [2.24, 2.45) is 5.73 Å². The van der Waals surface area contributed by atoms with Gasteiger partial charge in [0, 0.05) is 31.0 Å². The molecule has 0 spiro atoms. The summed E-state index contributed by atoms with van der Waals surface area (Å²) < 4.78 is 16.1. The second-order valence-electron chi connectivity index (χ2n) is 7.27. The van der Waals surface area contributed by atoms with E-state index in [1.165, 1.54) is 12.1 Å². The van der Waals surface area contributed by atoms with Crippen LogP contribution in [0.3, 0.4) is 0 Å². The smallest absolute Gasteiger partial charge is 0.127 e. The summed E-state index contributed by atoms with van der Waals surface area (Å²) in [6.07, 6.45) is 5.76. The summed E-state index contributed by atoms with van der Waals surface area (Å²) in [6.45, 7) is 1.32. The van der Waals surface area contributed by atoms with Crippen LogP contribution in [0, 0.1) is 11.2 Å². The molecule has 0 amide bonds. The van der Waals surface area contributed by atoms with Gasteiger partial charge in [-0.25, -0.2) is 19.3 Å². The van der Waals surface area contributed by atoms with E-state index in [0.29, 0.717) is 53.4 Å². The molecule has 3 aromatic heterocycles. The van der Waals surface area contributed by atoms with Crippen molar-refractivity contribution >= 4 is 33.6 Å². The third-order valence-electron chi connectivity index (χ3n) is 5.02. The summed E-state index contributed by atoms with van der Waals surface area (Å²) in [7, 11) is 0. The van der Waals surface area contributed by atoms with E-state index in [-0.39, 0.29) is 11.7 Å². The number of nitrogens with two attached hydrogens (primary N) is 1. The molecule has 0 aliphatic rings. The number of H-pyrrole nitrogens is 2. The molecule has 31 heavy (non-hydrogen) atoms. The minimum Gasteiger partial charge on any atom is -0.384 e. The number of amidine groups is 1. The summed E-state index contributed by atoms with van der Waals surface area (Å²) in [5, 5.41) is 10.8. The van der Waals surface area contributed by atoms with Crippen LogP contribution in [0.5, 0.6) is 0 Å². The Kier molecular flexibility index (Phi) is 4.58. The quantitative estimate of drug-likeness (QED) is 0.205. The van der Waals surface area contributed by atoms with Gasteiger partial charge in [0.05, 0.1) is 35.0 Å². The molecule has 10 heteroatoms. The fourth-order valence-electron chi connectivity index (χ4n) is 3.56. The zero-order valence-corrected chi connectivity index (χ0v) is 16.5. The normalized spacial score (nSPS) is 11.4. The molecule has 0 aliphatic heterocycles. The molecule has 0 fully saturated rings. The summed E-state index contributed by atoms with van der Waals surface area (Å²) >= 11 is 0. The number of hydrogen-bond acceptors (Lipinski definition) is 5. The van der Waals surface area contributed by atoms with E-state index in [2.05, 4.69) is 30.2 Å². The first-order valence-corrected chi connectivity index (χ1v) is 9.76. The average molecular weight is 417 g/mol. The number of anilines is 1. The average Bonchev–Trinajstić information content (AvgIpc) is 3.46. The molecule has 0 bridgehead atoms. The molecule has 0 radical (unpaired) electrons. The Bertz CT molecular complexity index is 1380. The van der Waals surface area contributed by atoms with E-state index in [1.54, 1.807) is 24.7 Å². The van der Waals surface area contributed by atoms with Gasteiger partial charge in [0.15, 0.2) is 0 Å². The van der Waals surface area contributed by atoms with Crippen LogP contribution >= 0.6 is 0 Å². The van der Waals surface area contributed by atoms with Crippen molar-refractivity contribution in [3.05, 3.63) is 72.1 Å². The Morgan fingerprint density at radius 2 is 1.97 bits per heavy atom. The number of nitrogen functional groups attached to an aromatic ring is 1. The van der Waals surface area contributed by atoms with Crippen LogP contribution in [0.25, 0.3) is 22.1 Å². The van der Waals surface area contributed by atoms with Gasteiger partial charge in [0.1, 0.15) is 28.8 Å². The molecule has 0 atom stereocenters. The molecule has 0 aliphatic carbocycles. The van der Waals surface area contributed by atoms with Gasteiger partial charge in [0.2, 0.25) is 0 Å².